The van der Waals surface area contributed by atoms with Crippen LogP contribution in [0.4, 0.5) is 0 Å². The number of sulfonamides is 1. The predicted octanol–water partition coefficient (Wildman–Crippen LogP) is 4.71. The number of benzene rings is 3. The Kier molecular flexibility index (Phi) is 7.97. The Labute approximate surface area is 202 Å². The molecule has 33 heavy (non-hydrogen) atoms. The maximum atomic E-state index is 13.5. The molecule has 0 saturated carbocycles. The lowest BCUT2D eigenvalue weighted by molar-refractivity contribution is 0.379. The quantitative estimate of drug-likeness (QED) is 0.395. The Hall–Kier alpha value is -2.64. The highest BCUT2D eigenvalue weighted by Crippen LogP contribution is 2.41. The Bertz CT molecular complexity index is 1260. The van der Waals surface area contributed by atoms with Crippen LogP contribution in [0.15, 0.2) is 90.0 Å². The minimum Gasteiger partial charge on any atom is -0.329 e. The molecule has 4 aromatic rings. The highest BCUT2D eigenvalue weighted by molar-refractivity contribution is 7.89. The predicted molar refractivity (Wildman–Crippen MR) is 138 cm³/mol. The molecule has 0 saturated heterocycles. The van der Waals surface area contributed by atoms with E-state index >= 15 is 0 Å². The number of hydrogen-bond acceptors (Lipinski definition) is 3. The summed E-state index contributed by atoms with van der Waals surface area (Å²) in [5.74, 6) is -0.221. The third-order valence-corrected chi connectivity index (χ3v) is 7.30. The molecule has 1 N–H and O–H groups in total. The van der Waals surface area contributed by atoms with E-state index in [0.29, 0.717) is 11.6 Å². The number of hydrogen-bond donors (Lipinski definition) is 1. The zero-order valence-electron chi connectivity index (χ0n) is 19.1. The third kappa shape index (κ3) is 4.99. The molecule has 4 rings (SSSR count). The van der Waals surface area contributed by atoms with E-state index in [1.807, 2.05) is 79.3 Å². The van der Waals surface area contributed by atoms with Gasteiger partial charge in [0.15, 0.2) is 5.03 Å². The molecule has 0 amide bonds. The second kappa shape index (κ2) is 10.5. The van der Waals surface area contributed by atoms with E-state index in [-0.39, 0.29) is 18.3 Å². The zero-order chi connectivity index (χ0) is 22.7. The maximum absolute atomic E-state index is 13.5. The molecule has 3 aromatic carbocycles. The topological polar surface area (TPSA) is 54.3 Å². The number of likely N-dealkylation sites (N-methyl/N-ethyl adjacent to an activating group) is 1. The van der Waals surface area contributed by atoms with E-state index in [2.05, 4.69) is 33.9 Å². The van der Waals surface area contributed by atoms with E-state index < -0.39 is 10.0 Å². The lowest BCUT2D eigenvalue weighted by Gasteiger charge is -2.21. The van der Waals surface area contributed by atoms with Crippen LogP contribution in [-0.2, 0) is 16.6 Å². The molecule has 1 heterocycles. The van der Waals surface area contributed by atoms with Crippen molar-refractivity contribution in [2.24, 2.45) is 0 Å². The minimum absolute atomic E-state index is 0. The summed E-state index contributed by atoms with van der Waals surface area (Å²) >= 11 is 0. The molecule has 0 aliphatic rings. The van der Waals surface area contributed by atoms with Gasteiger partial charge in [0.1, 0.15) is 0 Å². The standard InChI is InChI=1S/C26H29N3O2S.ClH/c1-27-32(30,31)26-25(22-16-10-11-17-23(22)29(26)19-18-28(2)3)24(20-12-6-4-7-13-20)21-14-8-5-9-15-21;/h4-17,24,27H,18-19H2,1-3H3;1H. The Morgan fingerprint density at radius 2 is 1.36 bits per heavy atom. The smallest absolute Gasteiger partial charge is 0.256 e. The molecule has 5 nitrogen and oxygen atoms in total. The van der Waals surface area contributed by atoms with Crippen molar-refractivity contribution in [1.82, 2.24) is 14.2 Å². The number of halogens is 1. The first-order valence-corrected chi connectivity index (χ1v) is 12.2. The number of nitrogens with zero attached hydrogens (tertiary/aromatic N) is 2. The fraction of sp³-hybridized carbons (Fsp3) is 0.231. The molecule has 0 bridgehead atoms. The van der Waals surface area contributed by atoms with E-state index in [0.717, 1.165) is 34.1 Å². The van der Waals surface area contributed by atoms with Gasteiger partial charge in [0.25, 0.3) is 10.0 Å². The third-order valence-electron chi connectivity index (χ3n) is 5.81. The summed E-state index contributed by atoms with van der Waals surface area (Å²) in [5, 5.41) is 1.29. The van der Waals surface area contributed by atoms with Crippen molar-refractivity contribution in [2.45, 2.75) is 17.5 Å². The van der Waals surface area contributed by atoms with Gasteiger partial charge in [-0.25, -0.2) is 13.1 Å². The van der Waals surface area contributed by atoms with E-state index in [1.165, 1.54) is 7.05 Å². The first-order valence-electron chi connectivity index (χ1n) is 10.7. The van der Waals surface area contributed by atoms with Gasteiger partial charge in [-0.1, -0.05) is 78.9 Å². The fourth-order valence-corrected chi connectivity index (χ4v) is 5.50. The fourth-order valence-electron chi connectivity index (χ4n) is 4.31. The van der Waals surface area contributed by atoms with Crippen LogP contribution in [0.5, 0.6) is 0 Å². The summed E-state index contributed by atoms with van der Waals surface area (Å²) in [6, 6.07) is 28.2. The summed E-state index contributed by atoms with van der Waals surface area (Å²) in [5.41, 5.74) is 3.85. The molecule has 0 aliphatic carbocycles. The second-order valence-electron chi connectivity index (χ2n) is 8.15. The zero-order valence-corrected chi connectivity index (χ0v) is 20.7. The van der Waals surface area contributed by atoms with Crippen molar-refractivity contribution in [1.29, 1.82) is 0 Å². The van der Waals surface area contributed by atoms with E-state index in [1.54, 1.807) is 0 Å². The summed E-state index contributed by atoms with van der Waals surface area (Å²) in [4.78, 5) is 2.07. The number of fused-ring (bicyclic) bond motifs is 1. The van der Waals surface area contributed by atoms with Gasteiger partial charge >= 0.3 is 0 Å². The lowest BCUT2D eigenvalue weighted by atomic mass is 9.85. The molecule has 7 heteroatoms. The monoisotopic (exact) mass is 483 g/mol. The largest absolute Gasteiger partial charge is 0.329 e. The molecule has 0 spiro atoms. The normalized spacial score (nSPS) is 11.8. The number of para-hydroxylation sites is 1. The van der Waals surface area contributed by atoms with Crippen molar-refractivity contribution >= 4 is 33.3 Å². The van der Waals surface area contributed by atoms with Crippen molar-refractivity contribution in [2.75, 3.05) is 27.7 Å². The minimum atomic E-state index is -3.74. The molecule has 0 aliphatic heterocycles. The van der Waals surface area contributed by atoms with Crippen molar-refractivity contribution in [3.8, 4) is 0 Å². The van der Waals surface area contributed by atoms with Gasteiger partial charge in [0.05, 0.1) is 0 Å². The average molecular weight is 484 g/mol. The Balaban J connectivity index is 0.00000306. The Morgan fingerprint density at radius 3 is 1.88 bits per heavy atom. The molecule has 0 unspecified atom stereocenters. The molecular formula is C26H30ClN3O2S. The summed E-state index contributed by atoms with van der Waals surface area (Å²) < 4.78 is 31.5. The highest BCUT2D eigenvalue weighted by atomic mass is 35.5. The van der Waals surface area contributed by atoms with Gasteiger partial charge in [0, 0.05) is 35.5 Å². The molecule has 0 fully saturated rings. The second-order valence-corrected chi connectivity index (χ2v) is 9.95. The molecule has 0 atom stereocenters. The average Bonchev–Trinajstić information content (AvgIpc) is 3.14. The molecule has 174 valence electrons. The van der Waals surface area contributed by atoms with Gasteiger partial charge in [-0.2, -0.15) is 0 Å². The van der Waals surface area contributed by atoms with Gasteiger partial charge in [-0.05, 0) is 38.3 Å². The van der Waals surface area contributed by atoms with Gasteiger partial charge in [-0.3, -0.25) is 0 Å². The van der Waals surface area contributed by atoms with Gasteiger partial charge in [0.2, 0.25) is 0 Å². The lowest BCUT2D eigenvalue weighted by Crippen LogP contribution is -2.26. The Morgan fingerprint density at radius 1 is 0.848 bits per heavy atom. The van der Waals surface area contributed by atoms with Crippen LogP contribution in [-0.4, -0.2) is 45.6 Å². The van der Waals surface area contributed by atoms with Crippen LogP contribution in [0.1, 0.15) is 22.6 Å². The first kappa shape index (κ1) is 25.0. The molecule has 1 aromatic heterocycles. The molecular weight excluding hydrogens is 454 g/mol. The highest BCUT2D eigenvalue weighted by Gasteiger charge is 2.32. The SMILES string of the molecule is CNS(=O)(=O)c1c(C(c2ccccc2)c2ccccc2)c2ccccc2n1CCN(C)C.Cl. The van der Waals surface area contributed by atoms with Crippen LogP contribution in [0.3, 0.4) is 0 Å². The van der Waals surface area contributed by atoms with Crippen LogP contribution < -0.4 is 4.72 Å². The summed E-state index contributed by atoms with van der Waals surface area (Å²) in [6.45, 7) is 1.30. The summed E-state index contributed by atoms with van der Waals surface area (Å²) in [6.07, 6.45) is 0. The number of rotatable bonds is 8. The van der Waals surface area contributed by atoms with Crippen LogP contribution in [0.25, 0.3) is 10.9 Å². The first-order chi connectivity index (χ1) is 15.4. The van der Waals surface area contributed by atoms with Crippen LogP contribution in [0.2, 0.25) is 0 Å². The van der Waals surface area contributed by atoms with Crippen LogP contribution >= 0.6 is 12.4 Å². The van der Waals surface area contributed by atoms with E-state index in [9.17, 15) is 8.42 Å². The van der Waals surface area contributed by atoms with Crippen molar-refractivity contribution in [3.63, 3.8) is 0 Å². The van der Waals surface area contributed by atoms with Crippen LogP contribution in [0, 0.1) is 0 Å². The maximum Gasteiger partial charge on any atom is 0.256 e. The van der Waals surface area contributed by atoms with E-state index in [4.69, 9.17) is 0 Å². The van der Waals surface area contributed by atoms with Crippen molar-refractivity contribution in [3.05, 3.63) is 102 Å². The number of aromatic nitrogens is 1. The number of nitrogens with one attached hydrogen (secondary N) is 1. The van der Waals surface area contributed by atoms with Gasteiger partial charge < -0.3 is 9.47 Å². The van der Waals surface area contributed by atoms with Gasteiger partial charge in [-0.15, -0.1) is 12.4 Å². The van der Waals surface area contributed by atoms with Crippen molar-refractivity contribution < 1.29 is 8.42 Å². The molecule has 0 radical (unpaired) electrons. The summed E-state index contributed by atoms with van der Waals surface area (Å²) in [7, 11) is 1.73.